The van der Waals surface area contributed by atoms with E-state index in [0.29, 0.717) is 16.6 Å². The second kappa shape index (κ2) is 7.50. The molecule has 0 fully saturated rings. The third-order valence-corrected chi connectivity index (χ3v) is 2.98. The fraction of sp³-hybridized carbons (Fsp3) is 0.200. The lowest BCUT2D eigenvalue weighted by molar-refractivity contribution is -0.384. The summed E-state index contributed by atoms with van der Waals surface area (Å²) in [6, 6.07) is 9.89. The highest BCUT2D eigenvalue weighted by atomic mass is 32.1. The number of nitrogens with one attached hydrogen (secondary N) is 2. The lowest BCUT2D eigenvalue weighted by atomic mass is 10.1. The molecule has 0 saturated carbocycles. The second-order valence-corrected chi connectivity index (χ2v) is 5.41. The SMILES string of the molecule is CC(C)NC(=S)N/N=C/c1ccc(-c2ccc([N+](=O)[O-])cc2)o1. The van der Waals surface area contributed by atoms with Crippen LogP contribution in [0.3, 0.4) is 0 Å². The first-order valence-corrected chi connectivity index (χ1v) is 7.31. The van der Waals surface area contributed by atoms with E-state index in [1.165, 1.54) is 18.3 Å². The highest BCUT2D eigenvalue weighted by molar-refractivity contribution is 7.80. The molecule has 1 aromatic heterocycles. The Morgan fingerprint density at radius 1 is 1.30 bits per heavy atom. The van der Waals surface area contributed by atoms with E-state index in [1.807, 2.05) is 13.8 Å². The minimum Gasteiger partial charge on any atom is -0.455 e. The maximum atomic E-state index is 10.6. The lowest BCUT2D eigenvalue weighted by Gasteiger charge is -2.08. The molecule has 23 heavy (non-hydrogen) atoms. The van der Waals surface area contributed by atoms with Crippen LogP contribution in [0.25, 0.3) is 11.3 Å². The third kappa shape index (κ3) is 4.89. The van der Waals surface area contributed by atoms with Gasteiger partial charge in [-0.25, -0.2) is 0 Å². The number of benzene rings is 1. The Balaban J connectivity index is 2.00. The Kier molecular flexibility index (Phi) is 5.42. The largest absolute Gasteiger partial charge is 0.455 e. The van der Waals surface area contributed by atoms with Crippen molar-refractivity contribution in [1.82, 2.24) is 10.7 Å². The number of thiocarbonyl (C=S) groups is 1. The molecule has 0 amide bonds. The van der Waals surface area contributed by atoms with Crippen molar-refractivity contribution in [2.45, 2.75) is 19.9 Å². The van der Waals surface area contributed by atoms with Gasteiger partial charge < -0.3 is 9.73 Å². The normalized spacial score (nSPS) is 10.9. The number of rotatable bonds is 5. The molecular formula is C15H16N4O3S. The summed E-state index contributed by atoms with van der Waals surface area (Å²) in [6.07, 6.45) is 1.50. The number of hydrogen-bond acceptors (Lipinski definition) is 5. The lowest BCUT2D eigenvalue weighted by Crippen LogP contribution is -2.36. The molecule has 0 unspecified atom stereocenters. The quantitative estimate of drug-likeness (QED) is 0.378. The van der Waals surface area contributed by atoms with Gasteiger partial charge in [-0.2, -0.15) is 5.10 Å². The van der Waals surface area contributed by atoms with E-state index in [4.69, 9.17) is 16.6 Å². The molecule has 7 nitrogen and oxygen atoms in total. The molecule has 0 bridgehead atoms. The van der Waals surface area contributed by atoms with Crippen LogP contribution in [-0.4, -0.2) is 22.3 Å². The monoisotopic (exact) mass is 332 g/mol. The summed E-state index contributed by atoms with van der Waals surface area (Å²) in [5.41, 5.74) is 3.48. The molecular weight excluding hydrogens is 316 g/mol. The number of non-ortho nitro benzene ring substituents is 1. The van der Waals surface area contributed by atoms with E-state index in [2.05, 4.69) is 15.8 Å². The Labute approximate surface area is 138 Å². The van der Waals surface area contributed by atoms with Crippen molar-refractivity contribution in [3.8, 4) is 11.3 Å². The third-order valence-electron chi connectivity index (χ3n) is 2.77. The first kappa shape index (κ1) is 16.6. The van der Waals surface area contributed by atoms with Crippen LogP contribution in [0.2, 0.25) is 0 Å². The molecule has 2 aromatic rings. The Bertz CT molecular complexity index is 723. The van der Waals surface area contributed by atoms with Crippen molar-refractivity contribution >= 4 is 29.2 Å². The molecule has 0 aliphatic carbocycles. The van der Waals surface area contributed by atoms with Gasteiger partial charge in [0.15, 0.2) is 5.11 Å². The van der Waals surface area contributed by atoms with E-state index < -0.39 is 4.92 Å². The van der Waals surface area contributed by atoms with Crippen molar-refractivity contribution in [2.75, 3.05) is 0 Å². The number of nitro benzene ring substituents is 1. The van der Waals surface area contributed by atoms with Gasteiger partial charge in [-0.3, -0.25) is 15.5 Å². The van der Waals surface area contributed by atoms with E-state index in [0.717, 1.165) is 5.56 Å². The van der Waals surface area contributed by atoms with Crippen LogP contribution in [0.5, 0.6) is 0 Å². The van der Waals surface area contributed by atoms with Crippen molar-refractivity contribution < 1.29 is 9.34 Å². The molecule has 120 valence electrons. The summed E-state index contributed by atoms with van der Waals surface area (Å²) in [5, 5.41) is 18.0. The topological polar surface area (TPSA) is 92.7 Å². The van der Waals surface area contributed by atoms with Gasteiger partial charge in [0, 0.05) is 23.7 Å². The number of hydrazone groups is 1. The molecule has 0 radical (unpaired) electrons. The Morgan fingerprint density at radius 3 is 2.61 bits per heavy atom. The zero-order chi connectivity index (χ0) is 16.8. The van der Waals surface area contributed by atoms with Gasteiger partial charge in [0.2, 0.25) is 0 Å². The van der Waals surface area contributed by atoms with E-state index >= 15 is 0 Å². The number of hydrogen-bond donors (Lipinski definition) is 2. The standard InChI is InChI=1S/C15H16N4O3S/c1-10(2)17-15(23)18-16-9-13-7-8-14(22-13)11-3-5-12(6-4-11)19(20)21/h3-10H,1-2H3,(H2,17,18,23)/b16-9+. The zero-order valence-electron chi connectivity index (χ0n) is 12.6. The fourth-order valence-electron chi connectivity index (χ4n) is 1.77. The summed E-state index contributed by atoms with van der Waals surface area (Å²) >= 11 is 5.04. The van der Waals surface area contributed by atoms with Crippen LogP contribution in [0.15, 0.2) is 45.9 Å². The molecule has 0 saturated heterocycles. The maximum absolute atomic E-state index is 10.6. The van der Waals surface area contributed by atoms with Crippen LogP contribution in [0.4, 0.5) is 5.69 Å². The maximum Gasteiger partial charge on any atom is 0.269 e. The molecule has 0 atom stereocenters. The van der Waals surface area contributed by atoms with Crippen LogP contribution in [-0.2, 0) is 0 Å². The highest BCUT2D eigenvalue weighted by Gasteiger charge is 2.07. The van der Waals surface area contributed by atoms with E-state index in [-0.39, 0.29) is 11.7 Å². The summed E-state index contributed by atoms with van der Waals surface area (Å²) < 4.78 is 5.61. The van der Waals surface area contributed by atoms with Gasteiger partial charge in [0.1, 0.15) is 11.5 Å². The minimum atomic E-state index is -0.441. The predicted molar refractivity (Wildman–Crippen MR) is 92.4 cm³/mol. The Hall–Kier alpha value is -2.74. The molecule has 8 heteroatoms. The van der Waals surface area contributed by atoms with Crippen LogP contribution >= 0.6 is 12.2 Å². The van der Waals surface area contributed by atoms with Crippen LogP contribution in [0.1, 0.15) is 19.6 Å². The molecule has 1 aromatic carbocycles. The second-order valence-electron chi connectivity index (χ2n) is 5.00. The van der Waals surface area contributed by atoms with Gasteiger partial charge in [-0.1, -0.05) is 0 Å². The average molecular weight is 332 g/mol. The van der Waals surface area contributed by atoms with E-state index in [9.17, 15) is 10.1 Å². The van der Waals surface area contributed by atoms with Gasteiger partial charge >= 0.3 is 0 Å². The molecule has 2 N–H and O–H groups in total. The minimum absolute atomic E-state index is 0.0393. The predicted octanol–water partition coefficient (Wildman–Crippen LogP) is 3.06. The zero-order valence-corrected chi connectivity index (χ0v) is 13.5. The van der Waals surface area contributed by atoms with Crippen LogP contribution in [0, 0.1) is 10.1 Å². The smallest absolute Gasteiger partial charge is 0.269 e. The molecule has 1 heterocycles. The first-order chi connectivity index (χ1) is 11.0. The molecule has 0 aliphatic rings. The highest BCUT2D eigenvalue weighted by Crippen LogP contribution is 2.23. The van der Waals surface area contributed by atoms with Gasteiger partial charge in [-0.05, 0) is 50.3 Å². The average Bonchev–Trinajstić information content (AvgIpc) is 2.95. The molecule has 2 rings (SSSR count). The molecule has 0 aliphatic heterocycles. The fourth-order valence-corrected chi connectivity index (χ4v) is 2.06. The van der Waals surface area contributed by atoms with Crippen LogP contribution < -0.4 is 10.7 Å². The number of nitrogens with zero attached hydrogens (tertiary/aromatic N) is 2. The summed E-state index contributed by atoms with van der Waals surface area (Å²) in [5.74, 6) is 1.14. The molecule has 0 spiro atoms. The van der Waals surface area contributed by atoms with Gasteiger partial charge in [0.05, 0.1) is 11.1 Å². The summed E-state index contributed by atoms with van der Waals surface area (Å²) in [6.45, 7) is 3.95. The summed E-state index contributed by atoms with van der Waals surface area (Å²) in [4.78, 5) is 10.2. The number of furan rings is 1. The number of nitro groups is 1. The summed E-state index contributed by atoms with van der Waals surface area (Å²) in [7, 11) is 0. The first-order valence-electron chi connectivity index (χ1n) is 6.90. The Morgan fingerprint density at radius 2 is 2.00 bits per heavy atom. The van der Waals surface area contributed by atoms with E-state index in [1.54, 1.807) is 24.3 Å². The van der Waals surface area contributed by atoms with Crippen molar-refractivity contribution in [1.29, 1.82) is 0 Å². The van der Waals surface area contributed by atoms with Crippen molar-refractivity contribution in [3.05, 3.63) is 52.3 Å². The van der Waals surface area contributed by atoms with Gasteiger partial charge in [-0.15, -0.1) is 0 Å². The van der Waals surface area contributed by atoms with Gasteiger partial charge in [0.25, 0.3) is 5.69 Å². The van der Waals surface area contributed by atoms with Crippen molar-refractivity contribution in [2.24, 2.45) is 5.10 Å². The van der Waals surface area contributed by atoms with Crippen molar-refractivity contribution in [3.63, 3.8) is 0 Å².